The van der Waals surface area contributed by atoms with E-state index in [-0.39, 0.29) is 11.6 Å². The molecule has 0 bridgehead atoms. The second-order valence-electron chi connectivity index (χ2n) is 9.95. The van der Waals surface area contributed by atoms with E-state index in [1.54, 1.807) is 25.4 Å². The SMILES string of the molecule is COc1cc2c(Oc3ccc4[nH]c(C)c(Cc5ccccc5)c4c3F)ccnc2cc1N1CC12CC2. The van der Waals surface area contributed by atoms with Gasteiger partial charge in [0.1, 0.15) is 11.5 Å². The quantitative estimate of drug-likeness (QED) is 0.269. The number of aromatic amines is 1. The number of aryl methyl sites for hydroxylation is 1. The Labute approximate surface area is 208 Å². The van der Waals surface area contributed by atoms with Gasteiger partial charge in [0.25, 0.3) is 0 Å². The minimum atomic E-state index is -0.365. The molecule has 5 nitrogen and oxygen atoms in total. The molecule has 1 aliphatic heterocycles. The first-order chi connectivity index (χ1) is 17.6. The molecule has 3 heterocycles. The Bertz CT molecular complexity index is 1640. The Morgan fingerprint density at radius 1 is 1.03 bits per heavy atom. The first kappa shape index (κ1) is 21.2. The van der Waals surface area contributed by atoms with Crippen molar-refractivity contribution in [1.29, 1.82) is 0 Å². The molecule has 0 atom stereocenters. The number of rotatable bonds is 6. The lowest BCUT2D eigenvalue weighted by molar-refractivity contribution is 0.416. The predicted octanol–water partition coefficient (Wildman–Crippen LogP) is 6.91. The zero-order valence-corrected chi connectivity index (χ0v) is 20.3. The number of benzene rings is 3. The lowest BCUT2D eigenvalue weighted by Crippen LogP contribution is -2.02. The van der Waals surface area contributed by atoms with Crippen LogP contribution in [0.4, 0.5) is 10.1 Å². The van der Waals surface area contributed by atoms with Gasteiger partial charge in [-0.3, -0.25) is 4.98 Å². The lowest BCUT2D eigenvalue weighted by atomic mass is 10.0. The van der Waals surface area contributed by atoms with Crippen molar-refractivity contribution in [1.82, 2.24) is 9.97 Å². The molecular weight excluding hydrogens is 453 g/mol. The number of pyridine rings is 1. The number of aromatic nitrogens is 2. The highest BCUT2D eigenvalue weighted by Crippen LogP contribution is 2.58. The van der Waals surface area contributed by atoms with E-state index in [1.165, 1.54) is 12.8 Å². The first-order valence-corrected chi connectivity index (χ1v) is 12.3. The number of hydrogen-bond donors (Lipinski definition) is 1. The number of anilines is 1. The van der Waals surface area contributed by atoms with Gasteiger partial charge in [0.05, 0.1) is 23.9 Å². The molecular formula is C30H26FN3O2. The van der Waals surface area contributed by atoms with Crippen molar-refractivity contribution >= 4 is 27.5 Å². The third-order valence-electron chi connectivity index (χ3n) is 7.67. The average Bonchev–Trinajstić information content (AvgIpc) is 3.81. The van der Waals surface area contributed by atoms with Crippen LogP contribution in [0.3, 0.4) is 0 Å². The molecule has 1 N–H and O–H groups in total. The highest BCUT2D eigenvalue weighted by molar-refractivity contribution is 5.92. The molecule has 3 aromatic carbocycles. The highest BCUT2D eigenvalue weighted by Gasteiger charge is 2.62. The monoisotopic (exact) mass is 479 g/mol. The minimum Gasteiger partial charge on any atom is -0.495 e. The summed E-state index contributed by atoms with van der Waals surface area (Å²) in [5.41, 5.74) is 6.01. The number of fused-ring (bicyclic) bond motifs is 2. The molecule has 1 aliphatic carbocycles. The van der Waals surface area contributed by atoms with E-state index in [4.69, 9.17) is 9.47 Å². The van der Waals surface area contributed by atoms with Crippen molar-refractivity contribution in [2.75, 3.05) is 18.6 Å². The van der Waals surface area contributed by atoms with E-state index in [0.717, 1.165) is 51.2 Å². The maximum Gasteiger partial charge on any atom is 0.175 e. The van der Waals surface area contributed by atoms with Crippen molar-refractivity contribution < 1.29 is 13.9 Å². The summed E-state index contributed by atoms with van der Waals surface area (Å²) >= 11 is 0. The lowest BCUT2D eigenvalue weighted by Gasteiger charge is -2.15. The van der Waals surface area contributed by atoms with Crippen LogP contribution >= 0.6 is 0 Å². The minimum absolute atomic E-state index is 0.189. The summed E-state index contributed by atoms with van der Waals surface area (Å²) in [6, 6.07) is 19.5. The molecule has 0 amide bonds. The van der Waals surface area contributed by atoms with Crippen LogP contribution in [0.15, 0.2) is 66.9 Å². The summed E-state index contributed by atoms with van der Waals surface area (Å²) in [4.78, 5) is 10.3. The van der Waals surface area contributed by atoms with Crippen LogP contribution in [0, 0.1) is 12.7 Å². The van der Waals surface area contributed by atoms with Gasteiger partial charge in [0.15, 0.2) is 11.6 Å². The molecule has 1 spiro atoms. The Balaban J connectivity index is 1.29. The Morgan fingerprint density at radius 2 is 1.86 bits per heavy atom. The molecule has 7 rings (SSSR count). The zero-order valence-electron chi connectivity index (χ0n) is 20.3. The summed E-state index contributed by atoms with van der Waals surface area (Å²) in [6.07, 6.45) is 4.82. The summed E-state index contributed by atoms with van der Waals surface area (Å²) in [7, 11) is 1.68. The second-order valence-corrected chi connectivity index (χ2v) is 9.95. The van der Waals surface area contributed by atoms with E-state index < -0.39 is 0 Å². The van der Waals surface area contributed by atoms with Crippen LogP contribution in [0.1, 0.15) is 29.7 Å². The number of methoxy groups -OCH3 is 1. The van der Waals surface area contributed by atoms with E-state index in [9.17, 15) is 0 Å². The van der Waals surface area contributed by atoms with E-state index >= 15 is 4.39 Å². The first-order valence-electron chi connectivity index (χ1n) is 12.3. The second kappa shape index (κ2) is 7.72. The van der Waals surface area contributed by atoms with Crippen LogP contribution in [-0.2, 0) is 6.42 Å². The van der Waals surface area contributed by atoms with Gasteiger partial charge in [0.2, 0.25) is 0 Å². The van der Waals surface area contributed by atoms with Crippen LogP contribution in [0.25, 0.3) is 21.8 Å². The number of ether oxygens (including phenoxy) is 2. The fraction of sp³-hybridized carbons (Fsp3) is 0.233. The summed E-state index contributed by atoms with van der Waals surface area (Å²) in [6.45, 7) is 3.05. The normalized spacial score (nSPS) is 15.6. The Hall–Kier alpha value is -4.06. The number of nitrogens with one attached hydrogen (secondary N) is 1. The Morgan fingerprint density at radius 3 is 2.61 bits per heavy atom. The smallest absolute Gasteiger partial charge is 0.175 e. The maximum absolute atomic E-state index is 16.0. The number of hydrogen-bond acceptors (Lipinski definition) is 4. The van der Waals surface area contributed by atoms with Gasteiger partial charge in [-0.25, -0.2) is 4.39 Å². The third-order valence-corrected chi connectivity index (χ3v) is 7.67. The van der Waals surface area contributed by atoms with Gasteiger partial charge in [-0.1, -0.05) is 30.3 Å². The maximum atomic E-state index is 16.0. The van der Waals surface area contributed by atoms with Crippen LogP contribution in [0.5, 0.6) is 17.2 Å². The van der Waals surface area contributed by atoms with Crippen molar-refractivity contribution in [2.45, 2.75) is 31.7 Å². The molecule has 0 radical (unpaired) electrons. The van der Waals surface area contributed by atoms with E-state index in [1.807, 2.05) is 37.3 Å². The zero-order chi connectivity index (χ0) is 24.4. The highest BCUT2D eigenvalue weighted by atomic mass is 19.1. The fourth-order valence-corrected chi connectivity index (χ4v) is 5.41. The predicted molar refractivity (Wildman–Crippen MR) is 140 cm³/mol. The Kier molecular flexibility index (Phi) is 4.55. The largest absolute Gasteiger partial charge is 0.495 e. The van der Waals surface area contributed by atoms with Crippen LogP contribution in [-0.4, -0.2) is 29.2 Å². The van der Waals surface area contributed by atoms with Gasteiger partial charge in [-0.2, -0.15) is 0 Å². The van der Waals surface area contributed by atoms with Crippen molar-refractivity contribution in [2.24, 2.45) is 0 Å². The van der Waals surface area contributed by atoms with Crippen molar-refractivity contribution in [3.8, 4) is 17.2 Å². The molecule has 2 aliphatic rings. The molecule has 5 aromatic rings. The molecule has 180 valence electrons. The summed E-state index contributed by atoms with van der Waals surface area (Å²) in [5, 5.41) is 1.36. The van der Waals surface area contributed by atoms with E-state index in [2.05, 4.69) is 33.1 Å². The van der Waals surface area contributed by atoms with Crippen LogP contribution in [0.2, 0.25) is 0 Å². The topological polar surface area (TPSA) is 50.1 Å². The van der Waals surface area contributed by atoms with Gasteiger partial charge < -0.3 is 19.4 Å². The fourth-order valence-electron chi connectivity index (χ4n) is 5.41. The summed E-state index contributed by atoms with van der Waals surface area (Å²) in [5.74, 6) is 1.16. The molecule has 1 saturated carbocycles. The van der Waals surface area contributed by atoms with Gasteiger partial charge in [-0.15, -0.1) is 0 Å². The van der Waals surface area contributed by atoms with Crippen LogP contribution < -0.4 is 14.4 Å². The van der Waals surface area contributed by atoms with Gasteiger partial charge in [0, 0.05) is 34.7 Å². The van der Waals surface area contributed by atoms with Gasteiger partial charge in [-0.05, 0) is 67.6 Å². The van der Waals surface area contributed by atoms with Crippen molar-refractivity contribution in [3.05, 3.63) is 89.5 Å². The summed E-state index contributed by atoms with van der Waals surface area (Å²) < 4.78 is 27.9. The number of halogens is 1. The van der Waals surface area contributed by atoms with Gasteiger partial charge >= 0.3 is 0 Å². The molecule has 6 heteroatoms. The van der Waals surface area contributed by atoms with E-state index in [0.29, 0.717) is 23.1 Å². The standard InChI is InChI=1S/C30H26FN3O2/c1-18-20(14-19-6-4-3-5-7-19)28-22(33-18)8-9-26(29(28)31)36-25-10-13-32-23-16-24(27(35-2)15-21(23)25)34-17-30(34)11-12-30/h3-10,13,15-16,33H,11-12,14,17H2,1-2H3. The number of H-pyrrole nitrogens is 1. The molecule has 2 fully saturated rings. The third kappa shape index (κ3) is 3.32. The molecule has 0 unspecified atom stereocenters. The molecule has 36 heavy (non-hydrogen) atoms. The number of nitrogens with zero attached hydrogens (tertiary/aromatic N) is 2. The van der Waals surface area contributed by atoms with Crippen molar-refractivity contribution in [3.63, 3.8) is 0 Å². The molecule has 2 aromatic heterocycles. The average molecular weight is 480 g/mol. The molecule has 1 saturated heterocycles.